The quantitative estimate of drug-likeness (QED) is 0.760. The van der Waals surface area contributed by atoms with E-state index in [2.05, 4.69) is 15.3 Å². The number of rotatable bonds is 4. The van der Waals surface area contributed by atoms with E-state index in [9.17, 15) is 9.59 Å². The van der Waals surface area contributed by atoms with E-state index in [0.29, 0.717) is 22.6 Å². The van der Waals surface area contributed by atoms with Crippen molar-refractivity contribution in [1.29, 1.82) is 0 Å². The highest BCUT2D eigenvalue weighted by atomic mass is 16.2. The number of imidazole rings is 1. The summed E-state index contributed by atoms with van der Waals surface area (Å²) in [5.41, 5.74) is 1.45. The van der Waals surface area contributed by atoms with E-state index < -0.39 is 0 Å². The Morgan fingerprint density at radius 1 is 1.00 bits per heavy atom. The van der Waals surface area contributed by atoms with Gasteiger partial charge in [-0.25, -0.2) is 9.97 Å². The van der Waals surface area contributed by atoms with Crippen LogP contribution in [0.2, 0.25) is 0 Å². The van der Waals surface area contributed by atoms with Crippen LogP contribution in [0.15, 0.2) is 61.3 Å². The summed E-state index contributed by atoms with van der Waals surface area (Å²) in [6.07, 6.45) is 9.81. The van der Waals surface area contributed by atoms with Gasteiger partial charge in [0.2, 0.25) is 0 Å². The van der Waals surface area contributed by atoms with Crippen molar-refractivity contribution in [2.75, 3.05) is 18.4 Å². The second-order valence-electron chi connectivity index (χ2n) is 6.73. The van der Waals surface area contributed by atoms with Gasteiger partial charge in [0.15, 0.2) is 0 Å². The maximum atomic E-state index is 12.9. The normalized spacial score (nSPS) is 13.9. The fourth-order valence-corrected chi connectivity index (χ4v) is 3.31. The molecule has 7 heteroatoms. The molecule has 0 aliphatic carbocycles. The smallest absolute Gasteiger partial charge is 0.257 e. The zero-order valence-corrected chi connectivity index (χ0v) is 15.4. The molecular weight excluding hydrogens is 354 g/mol. The Morgan fingerprint density at radius 2 is 1.82 bits per heavy atom. The number of aromatic nitrogens is 3. The number of anilines is 1. The second-order valence-corrected chi connectivity index (χ2v) is 6.73. The maximum Gasteiger partial charge on any atom is 0.257 e. The number of carbonyl (C=O) groups is 2. The molecule has 28 heavy (non-hydrogen) atoms. The molecule has 0 atom stereocenters. The summed E-state index contributed by atoms with van der Waals surface area (Å²) < 4.78 is 1.76. The van der Waals surface area contributed by atoms with Gasteiger partial charge in [0, 0.05) is 31.7 Å². The Hall–Kier alpha value is -3.48. The van der Waals surface area contributed by atoms with Gasteiger partial charge in [0.05, 0.1) is 16.8 Å². The number of benzene rings is 1. The maximum absolute atomic E-state index is 12.9. The Labute approximate surface area is 163 Å². The van der Waals surface area contributed by atoms with Gasteiger partial charge in [-0.1, -0.05) is 12.1 Å². The first-order chi connectivity index (χ1) is 13.7. The average Bonchev–Trinajstić information content (AvgIpc) is 3.29. The van der Waals surface area contributed by atoms with Gasteiger partial charge in [-0.05, 0) is 43.5 Å². The molecule has 1 aromatic carbocycles. The molecule has 3 heterocycles. The number of para-hydroxylation sites is 1. The summed E-state index contributed by atoms with van der Waals surface area (Å²) in [6, 6.07) is 10.6. The standard InChI is InChI=1S/C21H21N5O2/c27-20(16-8-9-19(23-14-16)26-13-10-22-15-26)24-18-7-3-2-6-17(18)21(28)25-11-4-1-5-12-25/h2-3,6-10,13-15H,1,4-5,11-12H2,(H,24,27). The molecule has 1 N–H and O–H groups in total. The van der Waals surface area contributed by atoms with E-state index in [1.165, 1.54) is 6.20 Å². The third-order valence-corrected chi connectivity index (χ3v) is 4.83. The Kier molecular flexibility index (Phi) is 5.14. The molecule has 0 radical (unpaired) electrons. The van der Waals surface area contributed by atoms with E-state index in [1.54, 1.807) is 47.6 Å². The molecule has 0 saturated carbocycles. The van der Waals surface area contributed by atoms with E-state index in [1.807, 2.05) is 17.0 Å². The SMILES string of the molecule is O=C(Nc1ccccc1C(=O)N1CCCCC1)c1ccc(-n2ccnc2)nc1. The van der Waals surface area contributed by atoms with Gasteiger partial charge in [-0.3, -0.25) is 14.2 Å². The summed E-state index contributed by atoms with van der Waals surface area (Å²) in [5, 5.41) is 2.86. The fourth-order valence-electron chi connectivity index (χ4n) is 3.31. The predicted octanol–water partition coefficient (Wildman–Crippen LogP) is 3.15. The van der Waals surface area contributed by atoms with E-state index in [4.69, 9.17) is 0 Å². The van der Waals surface area contributed by atoms with Crippen LogP contribution in [0.25, 0.3) is 5.82 Å². The summed E-state index contributed by atoms with van der Waals surface area (Å²) in [5.74, 6) is 0.336. The summed E-state index contributed by atoms with van der Waals surface area (Å²) in [4.78, 5) is 35.7. The molecule has 1 aliphatic rings. The average molecular weight is 375 g/mol. The second kappa shape index (κ2) is 8.04. The van der Waals surface area contributed by atoms with Gasteiger partial charge in [-0.2, -0.15) is 0 Å². The van der Waals surface area contributed by atoms with Gasteiger partial charge < -0.3 is 10.2 Å². The van der Waals surface area contributed by atoms with Crippen molar-refractivity contribution < 1.29 is 9.59 Å². The third-order valence-electron chi connectivity index (χ3n) is 4.83. The fraction of sp³-hybridized carbons (Fsp3) is 0.238. The van der Waals surface area contributed by atoms with Crippen LogP contribution in [0.1, 0.15) is 40.0 Å². The minimum absolute atomic E-state index is 0.0378. The van der Waals surface area contributed by atoms with Gasteiger partial charge >= 0.3 is 0 Å². The molecule has 2 aromatic heterocycles. The van der Waals surface area contributed by atoms with Gasteiger partial charge in [-0.15, -0.1) is 0 Å². The number of nitrogens with zero attached hydrogens (tertiary/aromatic N) is 4. The molecule has 1 fully saturated rings. The molecular formula is C21H21N5O2. The van der Waals surface area contributed by atoms with Crippen LogP contribution in [0.3, 0.4) is 0 Å². The van der Waals surface area contributed by atoms with Crippen molar-refractivity contribution in [3.8, 4) is 5.82 Å². The minimum Gasteiger partial charge on any atom is -0.339 e. The van der Waals surface area contributed by atoms with Crippen LogP contribution < -0.4 is 5.32 Å². The lowest BCUT2D eigenvalue weighted by molar-refractivity contribution is 0.0725. The zero-order chi connectivity index (χ0) is 19.3. The number of pyridine rings is 1. The van der Waals surface area contributed by atoms with Crippen LogP contribution >= 0.6 is 0 Å². The molecule has 1 aliphatic heterocycles. The third kappa shape index (κ3) is 3.78. The van der Waals surface area contributed by atoms with Gasteiger partial charge in [0.25, 0.3) is 11.8 Å². The lowest BCUT2D eigenvalue weighted by atomic mass is 10.1. The van der Waals surface area contributed by atoms with Crippen molar-refractivity contribution >= 4 is 17.5 Å². The largest absolute Gasteiger partial charge is 0.339 e. The number of likely N-dealkylation sites (tertiary alicyclic amines) is 1. The first kappa shape index (κ1) is 17.9. The predicted molar refractivity (Wildman–Crippen MR) is 106 cm³/mol. The van der Waals surface area contributed by atoms with Crippen molar-refractivity contribution in [2.24, 2.45) is 0 Å². The summed E-state index contributed by atoms with van der Waals surface area (Å²) >= 11 is 0. The van der Waals surface area contributed by atoms with Crippen molar-refractivity contribution in [3.63, 3.8) is 0 Å². The van der Waals surface area contributed by atoms with Crippen LogP contribution in [0, 0.1) is 0 Å². The molecule has 4 rings (SSSR count). The van der Waals surface area contributed by atoms with Crippen molar-refractivity contribution in [3.05, 3.63) is 72.4 Å². The van der Waals surface area contributed by atoms with Crippen molar-refractivity contribution in [1.82, 2.24) is 19.4 Å². The van der Waals surface area contributed by atoms with E-state index in [0.717, 1.165) is 32.4 Å². The van der Waals surface area contributed by atoms with E-state index in [-0.39, 0.29) is 11.8 Å². The molecule has 3 aromatic rings. The molecule has 0 unspecified atom stereocenters. The molecule has 142 valence electrons. The highest BCUT2D eigenvalue weighted by Crippen LogP contribution is 2.21. The Morgan fingerprint density at radius 3 is 2.54 bits per heavy atom. The number of piperidine rings is 1. The lowest BCUT2D eigenvalue weighted by Gasteiger charge is -2.27. The molecule has 0 bridgehead atoms. The molecule has 2 amide bonds. The van der Waals surface area contributed by atoms with Crippen molar-refractivity contribution in [2.45, 2.75) is 19.3 Å². The lowest BCUT2D eigenvalue weighted by Crippen LogP contribution is -2.36. The van der Waals surface area contributed by atoms with E-state index >= 15 is 0 Å². The minimum atomic E-state index is -0.302. The van der Waals surface area contributed by atoms with Crippen LogP contribution in [0.4, 0.5) is 5.69 Å². The zero-order valence-electron chi connectivity index (χ0n) is 15.4. The first-order valence-corrected chi connectivity index (χ1v) is 9.36. The summed E-state index contributed by atoms with van der Waals surface area (Å²) in [6.45, 7) is 1.53. The van der Waals surface area contributed by atoms with Gasteiger partial charge in [0.1, 0.15) is 12.1 Å². The number of carbonyl (C=O) groups excluding carboxylic acids is 2. The highest BCUT2D eigenvalue weighted by molar-refractivity contribution is 6.08. The number of nitrogens with one attached hydrogen (secondary N) is 1. The first-order valence-electron chi connectivity index (χ1n) is 9.36. The Balaban J connectivity index is 1.51. The summed E-state index contributed by atoms with van der Waals surface area (Å²) in [7, 11) is 0. The van der Waals surface area contributed by atoms with Crippen LogP contribution in [-0.4, -0.2) is 44.3 Å². The van der Waals surface area contributed by atoms with Crippen LogP contribution in [0.5, 0.6) is 0 Å². The molecule has 1 saturated heterocycles. The Bertz CT molecular complexity index is 961. The monoisotopic (exact) mass is 375 g/mol. The molecule has 0 spiro atoms. The topological polar surface area (TPSA) is 80.1 Å². The number of hydrogen-bond acceptors (Lipinski definition) is 4. The molecule has 7 nitrogen and oxygen atoms in total. The number of hydrogen-bond donors (Lipinski definition) is 1. The highest BCUT2D eigenvalue weighted by Gasteiger charge is 2.21. The number of amides is 2. The van der Waals surface area contributed by atoms with Crippen LogP contribution in [-0.2, 0) is 0 Å².